The Kier molecular flexibility index (Phi) is 5.92. The van der Waals surface area contributed by atoms with E-state index >= 15 is 0 Å². The number of ether oxygens (including phenoxy) is 1. The molecule has 3 aromatic rings. The van der Waals surface area contributed by atoms with E-state index in [2.05, 4.69) is 13.8 Å². The highest BCUT2D eigenvalue weighted by molar-refractivity contribution is 6.51. The van der Waals surface area contributed by atoms with Gasteiger partial charge in [-0.15, -0.1) is 0 Å². The van der Waals surface area contributed by atoms with Gasteiger partial charge in [-0.2, -0.15) is 0 Å². The van der Waals surface area contributed by atoms with Crippen LogP contribution in [-0.2, 0) is 9.59 Å². The molecule has 0 aromatic heterocycles. The van der Waals surface area contributed by atoms with E-state index in [0.29, 0.717) is 28.5 Å². The highest BCUT2D eigenvalue weighted by atomic mass is 16.5. The van der Waals surface area contributed by atoms with Crippen molar-refractivity contribution in [1.29, 1.82) is 0 Å². The monoisotopic (exact) mass is 443 g/mol. The molecule has 3 aromatic carbocycles. The van der Waals surface area contributed by atoms with E-state index in [0.717, 1.165) is 5.56 Å². The molecule has 4 rings (SSSR count). The van der Waals surface area contributed by atoms with Crippen LogP contribution >= 0.6 is 0 Å². The molecule has 0 aliphatic carbocycles. The molecular weight excluding hydrogens is 418 g/mol. The number of anilines is 1. The smallest absolute Gasteiger partial charge is 0.300 e. The maximum absolute atomic E-state index is 13.2. The van der Waals surface area contributed by atoms with Crippen molar-refractivity contribution in [2.45, 2.75) is 25.8 Å². The summed E-state index contributed by atoms with van der Waals surface area (Å²) in [5, 5.41) is 20.9. The lowest BCUT2D eigenvalue weighted by Crippen LogP contribution is -2.29. The lowest BCUT2D eigenvalue weighted by atomic mass is 9.95. The number of Topliss-reactive ketones (excluding diaryl/α,β-unsaturated/α-hetero) is 1. The molecule has 1 amide bonds. The number of phenolic OH excluding ortho intramolecular Hbond substituents is 1. The molecule has 1 unspecified atom stereocenters. The molecule has 0 radical (unpaired) electrons. The van der Waals surface area contributed by atoms with Crippen LogP contribution in [0.15, 0.2) is 78.4 Å². The number of rotatable bonds is 5. The van der Waals surface area contributed by atoms with Gasteiger partial charge in [-0.25, -0.2) is 0 Å². The molecule has 1 aliphatic rings. The molecule has 6 nitrogen and oxygen atoms in total. The van der Waals surface area contributed by atoms with Crippen molar-refractivity contribution in [3.05, 3.63) is 95.1 Å². The Labute approximate surface area is 192 Å². The summed E-state index contributed by atoms with van der Waals surface area (Å²) in [7, 11) is 1.54. The molecule has 2 N–H and O–H groups in total. The number of aliphatic hydroxyl groups is 1. The number of carbonyl (C=O) groups is 2. The first-order valence-electron chi connectivity index (χ1n) is 10.7. The summed E-state index contributed by atoms with van der Waals surface area (Å²) in [4.78, 5) is 27.7. The Bertz CT molecular complexity index is 1210. The molecule has 1 heterocycles. The van der Waals surface area contributed by atoms with Gasteiger partial charge in [0.05, 0.1) is 18.7 Å². The van der Waals surface area contributed by atoms with Gasteiger partial charge in [0, 0.05) is 11.3 Å². The van der Waals surface area contributed by atoms with Crippen LogP contribution in [0.5, 0.6) is 11.5 Å². The fourth-order valence-corrected chi connectivity index (χ4v) is 4.00. The minimum atomic E-state index is -0.849. The maximum atomic E-state index is 13.2. The highest BCUT2D eigenvalue weighted by Gasteiger charge is 2.46. The SMILES string of the molecule is COc1ccc(/C(O)=C2\C(=O)C(=O)N(c3ccc(C(C)C)cc3)C2c2ccc(O)cc2)cc1. The second-order valence-electron chi connectivity index (χ2n) is 8.24. The maximum Gasteiger partial charge on any atom is 0.300 e. The summed E-state index contributed by atoms with van der Waals surface area (Å²) < 4.78 is 5.16. The quantitative estimate of drug-likeness (QED) is 0.324. The predicted molar refractivity (Wildman–Crippen MR) is 126 cm³/mol. The molecular formula is C27H25NO5. The third kappa shape index (κ3) is 4.07. The zero-order chi connectivity index (χ0) is 23.7. The molecule has 1 saturated heterocycles. The average molecular weight is 443 g/mol. The number of aliphatic hydroxyl groups excluding tert-OH is 1. The Morgan fingerprint density at radius 1 is 0.909 bits per heavy atom. The van der Waals surface area contributed by atoms with E-state index in [1.54, 1.807) is 48.5 Å². The van der Waals surface area contributed by atoms with E-state index in [-0.39, 0.29) is 17.1 Å². The standard InChI is InChI=1S/C27H25NO5/c1-16(2)17-4-10-20(11-5-17)28-24(18-6-12-21(29)13-7-18)23(26(31)27(28)32)25(30)19-8-14-22(33-3)15-9-19/h4-16,24,29-30H,1-3H3/b25-23+. The molecule has 0 saturated carbocycles. The first-order chi connectivity index (χ1) is 15.8. The van der Waals surface area contributed by atoms with E-state index in [4.69, 9.17) is 4.74 Å². The number of benzene rings is 3. The van der Waals surface area contributed by atoms with Crippen LogP contribution in [-0.4, -0.2) is 29.0 Å². The lowest BCUT2D eigenvalue weighted by molar-refractivity contribution is -0.132. The average Bonchev–Trinajstić information content (AvgIpc) is 3.09. The van der Waals surface area contributed by atoms with Gasteiger partial charge >= 0.3 is 0 Å². The summed E-state index contributed by atoms with van der Waals surface area (Å²) in [6.07, 6.45) is 0. The fourth-order valence-electron chi connectivity index (χ4n) is 4.00. The molecule has 0 spiro atoms. The van der Waals surface area contributed by atoms with Gasteiger partial charge in [0.25, 0.3) is 11.7 Å². The normalized spacial score (nSPS) is 17.6. The number of nitrogens with zero attached hydrogens (tertiary/aromatic N) is 1. The summed E-state index contributed by atoms with van der Waals surface area (Å²) in [6.45, 7) is 4.15. The summed E-state index contributed by atoms with van der Waals surface area (Å²) in [5.41, 5.74) is 2.63. The number of ketones is 1. The second kappa shape index (κ2) is 8.82. The van der Waals surface area contributed by atoms with Crippen LogP contribution in [0.2, 0.25) is 0 Å². The largest absolute Gasteiger partial charge is 0.508 e. The number of phenols is 1. The molecule has 1 atom stereocenters. The van der Waals surface area contributed by atoms with Crippen molar-refractivity contribution in [2.24, 2.45) is 0 Å². The van der Waals surface area contributed by atoms with Gasteiger partial charge in [0.2, 0.25) is 0 Å². The number of aromatic hydroxyl groups is 1. The minimum Gasteiger partial charge on any atom is -0.508 e. The van der Waals surface area contributed by atoms with Gasteiger partial charge in [-0.1, -0.05) is 38.1 Å². The van der Waals surface area contributed by atoms with Crippen LogP contribution in [0, 0.1) is 0 Å². The number of hydrogen-bond donors (Lipinski definition) is 2. The zero-order valence-corrected chi connectivity index (χ0v) is 18.6. The van der Waals surface area contributed by atoms with Crippen LogP contribution in [0.1, 0.15) is 42.5 Å². The highest BCUT2D eigenvalue weighted by Crippen LogP contribution is 2.42. The molecule has 168 valence electrons. The number of hydrogen-bond acceptors (Lipinski definition) is 5. The molecule has 1 aliphatic heterocycles. The van der Waals surface area contributed by atoms with Crippen LogP contribution in [0.25, 0.3) is 5.76 Å². The summed E-state index contributed by atoms with van der Waals surface area (Å²) >= 11 is 0. The molecule has 1 fully saturated rings. The minimum absolute atomic E-state index is 0.0104. The van der Waals surface area contributed by atoms with Crippen molar-refractivity contribution in [2.75, 3.05) is 12.0 Å². The first-order valence-corrected chi connectivity index (χ1v) is 10.7. The van der Waals surface area contributed by atoms with Gasteiger partial charge < -0.3 is 14.9 Å². The first kappa shape index (κ1) is 22.1. The van der Waals surface area contributed by atoms with Gasteiger partial charge in [0.15, 0.2) is 0 Å². The van der Waals surface area contributed by atoms with E-state index in [9.17, 15) is 19.8 Å². The van der Waals surface area contributed by atoms with Crippen LogP contribution in [0.3, 0.4) is 0 Å². The Morgan fingerprint density at radius 2 is 1.52 bits per heavy atom. The van der Waals surface area contributed by atoms with Gasteiger partial charge in [0.1, 0.15) is 17.3 Å². The number of carbonyl (C=O) groups excluding carboxylic acids is 2. The van der Waals surface area contributed by atoms with Crippen LogP contribution in [0.4, 0.5) is 5.69 Å². The van der Waals surface area contributed by atoms with E-state index < -0.39 is 17.7 Å². The Hall–Kier alpha value is -4.06. The Morgan fingerprint density at radius 3 is 2.06 bits per heavy atom. The third-order valence-corrected chi connectivity index (χ3v) is 5.85. The summed E-state index contributed by atoms with van der Waals surface area (Å²) in [6, 6.07) is 19.5. The van der Waals surface area contributed by atoms with E-state index in [1.807, 2.05) is 12.1 Å². The molecule has 33 heavy (non-hydrogen) atoms. The fraction of sp³-hybridized carbons (Fsp3) is 0.185. The van der Waals surface area contributed by atoms with Crippen molar-refractivity contribution in [3.63, 3.8) is 0 Å². The van der Waals surface area contributed by atoms with Crippen molar-refractivity contribution in [1.82, 2.24) is 0 Å². The van der Waals surface area contributed by atoms with Crippen molar-refractivity contribution in [3.8, 4) is 11.5 Å². The van der Waals surface area contributed by atoms with Crippen molar-refractivity contribution < 1.29 is 24.5 Å². The summed E-state index contributed by atoms with van der Waals surface area (Å²) in [5.74, 6) is -0.776. The third-order valence-electron chi connectivity index (χ3n) is 5.85. The van der Waals surface area contributed by atoms with Crippen LogP contribution < -0.4 is 9.64 Å². The topological polar surface area (TPSA) is 87.1 Å². The van der Waals surface area contributed by atoms with Crippen molar-refractivity contribution >= 4 is 23.1 Å². The lowest BCUT2D eigenvalue weighted by Gasteiger charge is -2.26. The Balaban J connectivity index is 1.88. The number of amides is 1. The number of methoxy groups -OCH3 is 1. The van der Waals surface area contributed by atoms with Gasteiger partial charge in [-0.05, 0) is 65.6 Å². The zero-order valence-electron chi connectivity index (χ0n) is 18.6. The molecule has 6 heteroatoms. The predicted octanol–water partition coefficient (Wildman–Crippen LogP) is 5.15. The second-order valence-corrected chi connectivity index (χ2v) is 8.24. The van der Waals surface area contributed by atoms with Gasteiger partial charge in [-0.3, -0.25) is 14.5 Å². The van der Waals surface area contributed by atoms with E-state index in [1.165, 1.54) is 24.1 Å². The molecule has 0 bridgehead atoms.